The van der Waals surface area contributed by atoms with Crippen LogP contribution in [0.25, 0.3) is 60.6 Å². The number of hydrogen-bond donors (Lipinski definition) is 0. The second-order valence-electron chi connectivity index (χ2n) is 9.81. The zero-order valence-electron chi connectivity index (χ0n) is 25.7. The third kappa shape index (κ3) is 4.87. The molecule has 0 amide bonds. The van der Waals surface area contributed by atoms with Gasteiger partial charge in [0, 0.05) is 47.5 Å². The van der Waals surface area contributed by atoms with Gasteiger partial charge in [0.25, 0.3) is 0 Å². The molecule has 0 aliphatic carbocycles. The predicted molar refractivity (Wildman–Crippen MR) is 168 cm³/mol. The van der Waals surface area contributed by atoms with E-state index in [2.05, 4.69) is 89.8 Å². The summed E-state index contributed by atoms with van der Waals surface area (Å²) in [6, 6.07) is 42.3. The largest absolute Gasteiger partial charge is 0.304 e. The van der Waals surface area contributed by atoms with Gasteiger partial charge in [-0.1, -0.05) is 73.0 Å². The second-order valence-corrected chi connectivity index (χ2v) is 9.81. The Hall–Kier alpha value is -4.70. The Morgan fingerprint density at radius 3 is 2.43 bits per heavy atom. The van der Waals surface area contributed by atoms with E-state index in [4.69, 9.17) is 9.10 Å². The average molecular weight is 722 g/mol. The number of benzene rings is 4. The van der Waals surface area contributed by atoms with Crippen LogP contribution in [0.2, 0.25) is 0 Å². The number of rotatable bonds is 2. The zero-order valence-corrected chi connectivity index (χ0v) is 25.1. The van der Waals surface area contributed by atoms with Crippen LogP contribution in [0.4, 0.5) is 0 Å². The molecule has 205 valence electrons. The molecule has 4 aromatic carbocycles. The van der Waals surface area contributed by atoms with E-state index in [0.717, 1.165) is 49.5 Å². The molecule has 0 fully saturated rings. The molecule has 8 rings (SSSR count). The van der Waals surface area contributed by atoms with Crippen LogP contribution < -0.4 is 0 Å². The normalized spacial score (nSPS) is 12.3. The van der Waals surface area contributed by atoms with Gasteiger partial charge in [-0.2, -0.15) is 5.10 Å². The molecular formula is C37H26IrN4-2. The molecule has 0 aliphatic heterocycles. The molecule has 0 saturated carbocycles. The summed E-state index contributed by atoms with van der Waals surface area (Å²) in [6.45, 7) is 0.0220. The summed E-state index contributed by atoms with van der Waals surface area (Å²) in [4.78, 5) is 9.21. The van der Waals surface area contributed by atoms with Crippen LogP contribution in [0.3, 0.4) is 0 Å². The Labute approximate surface area is 262 Å². The van der Waals surface area contributed by atoms with E-state index in [1.165, 1.54) is 22.9 Å². The van der Waals surface area contributed by atoms with Crippen molar-refractivity contribution in [3.63, 3.8) is 0 Å². The van der Waals surface area contributed by atoms with Gasteiger partial charge >= 0.3 is 0 Å². The van der Waals surface area contributed by atoms with Crippen molar-refractivity contribution in [2.75, 3.05) is 0 Å². The summed E-state index contributed by atoms with van der Waals surface area (Å²) >= 11 is 0. The number of hydrogen-bond acceptors (Lipinski definition) is 3. The number of para-hydroxylation sites is 1. The van der Waals surface area contributed by atoms with E-state index in [9.17, 15) is 0 Å². The van der Waals surface area contributed by atoms with Crippen LogP contribution in [0.5, 0.6) is 0 Å². The van der Waals surface area contributed by atoms with Gasteiger partial charge in [-0.25, -0.2) is 0 Å². The minimum absolute atomic E-state index is 0. The van der Waals surface area contributed by atoms with E-state index in [-0.39, 0.29) is 25.7 Å². The van der Waals surface area contributed by atoms with Crippen molar-refractivity contribution < 1.29 is 24.2 Å². The van der Waals surface area contributed by atoms with Gasteiger partial charge in [0.2, 0.25) is 0 Å². The van der Waals surface area contributed by atoms with Crippen LogP contribution in [-0.2, 0) is 20.1 Å². The first-order chi connectivity index (χ1) is 21.4. The summed E-state index contributed by atoms with van der Waals surface area (Å²) in [5.74, 6) is 0. The molecule has 5 heteroatoms. The SMILES string of the molecule is Cc1cc[c-]c2c3nc4ccccc4c(-c4ccccc4)c3c3ccnn3c12.[2H]C([2H])([2H])c1ccc(-c2[c-]cccc2)nc1.[Ir]. The molecule has 42 heavy (non-hydrogen) atoms. The molecule has 0 spiro atoms. The van der Waals surface area contributed by atoms with Gasteiger partial charge in [-0.3, -0.25) is 9.50 Å². The molecule has 0 aliphatic rings. The van der Waals surface area contributed by atoms with Crippen molar-refractivity contribution in [1.29, 1.82) is 0 Å². The maximum atomic E-state index is 7.23. The van der Waals surface area contributed by atoms with E-state index in [1.807, 2.05) is 41.0 Å². The van der Waals surface area contributed by atoms with Gasteiger partial charge < -0.3 is 4.98 Å². The van der Waals surface area contributed by atoms with Crippen LogP contribution >= 0.6 is 0 Å². The molecule has 4 heterocycles. The van der Waals surface area contributed by atoms with Crippen LogP contribution in [0.1, 0.15) is 15.2 Å². The topological polar surface area (TPSA) is 43.1 Å². The first-order valence-electron chi connectivity index (χ1n) is 14.9. The van der Waals surface area contributed by atoms with Crippen molar-refractivity contribution >= 4 is 38.2 Å². The number of aryl methyl sites for hydroxylation is 2. The quantitative estimate of drug-likeness (QED) is 0.102. The molecular weight excluding hydrogens is 693 g/mol. The predicted octanol–water partition coefficient (Wildman–Crippen LogP) is 8.82. The summed E-state index contributed by atoms with van der Waals surface area (Å²) in [5, 5.41) is 7.92. The van der Waals surface area contributed by atoms with E-state index in [0.29, 0.717) is 0 Å². The smallest absolute Gasteiger partial charge is 0.0602 e. The standard InChI is InChI=1S/C25H16N3.C12H10N.Ir/c1-16-8-7-12-19-24-23(21-14-15-26-28(21)25(16)19)22(17-9-3-2-4-10-17)18-11-5-6-13-20(18)27-24;1-10-7-8-12(13-9-10)11-5-3-2-4-6-11;/h2-11,13-15H,1H3;2-5,7-9H,1H3;/q2*-1;/i;1D3;. The van der Waals surface area contributed by atoms with Gasteiger partial charge in [0.15, 0.2) is 0 Å². The van der Waals surface area contributed by atoms with Crippen LogP contribution in [0.15, 0.2) is 122 Å². The van der Waals surface area contributed by atoms with Crippen LogP contribution in [-0.4, -0.2) is 19.6 Å². The number of aromatic nitrogens is 4. The number of pyridine rings is 3. The van der Waals surface area contributed by atoms with Crippen molar-refractivity contribution in [2.45, 2.75) is 13.8 Å². The Kier molecular flexibility index (Phi) is 6.65. The summed E-state index contributed by atoms with van der Waals surface area (Å²) < 4.78 is 23.7. The van der Waals surface area contributed by atoms with Crippen molar-refractivity contribution in [3.05, 3.63) is 145 Å². The summed E-state index contributed by atoms with van der Waals surface area (Å²) in [7, 11) is 0. The average Bonchev–Trinajstić information content (AvgIpc) is 3.55. The Morgan fingerprint density at radius 2 is 1.64 bits per heavy atom. The first kappa shape index (κ1) is 24.0. The Balaban J connectivity index is 0.000000181. The Bertz CT molecular complexity index is 2260. The molecule has 8 aromatic rings. The fraction of sp³-hybridized carbons (Fsp3) is 0.0541. The van der Waals surface area contributed by atoms with Gasteiger partial charge in [-0.05, 0) is 52.3 Å². The van der Waals surface area contributed by atoms with Crippen molar-refractivity contribution in [2.24, 2.45) is 0 Å². The van der Waals surface area contributed by atoms with Gasteiger partial charge in [0.05, 0.1) is 11.0 Å². The monoisotopic (exact) mass is 722 g/mol. The molecule has 0 bridgehead atoms. The molecule has 4 nitrogen and oxygen atoms in total. The van der Waals surface area contributed by atoms with Crippen LogP contribution in [0, 0.1) is 25.9 Å². The van der Waals surface area contributed by atoms with Gasteiger partial charge in [0.1, 0.15) is 0 Å². The third-order valence-electron chi connectivity index (χ3n) is 7.22. The maximum Gasteiger partial charge on any atom is 0.0602 e. The molecule has 0 unspecified atom stereocenters. The fourth-order valence-electron chi connectivity index (χ4n) is 5.37. The molecule has 0 N–H and O–H groups in total. The first-order valence-corrected chi connectivity index (χ1v) is 13.4. The fourth-order valence-corrected chi connectivity index (χ4v) is 5.37. The molecule has 4 aromatic heterocycles. The number of fused-ring (bicyclic) bond motifs is 7. The summed E-state index contributed by atoms with van der Waals surface area (Å²) in [6.07, 6.45) is 3.26. The minimum atomic E-state index is -2.09. The van der Waals surface area contributed by atoms with Crippen molar-refractivity contribution in [3.8, 4) is 22.4 Å². The number of nitrogens with zero attached hydrogens (tertiary/aromatic N) is 4. The van der Waals surface area contributed by atoms with Crippen molar-refractivity contribution in [1.82, 2.24) is 19.6 Å². The third-order valence-corrected chi connectivity index (χ3v) is 7.22. The second kappa shape index (κ2) is 11.7. The van der Waals surface area contributed by atoms with Gasteiger partial charge in [-0.15, -0.1) is 59.7 Å². The maximum absolute atomic E-state index is 7.23. The van der Waals surface area contributed by atoms with E-state index >= 15 is 0 Å². The molecule has 1 radical (unpaired) electrons. The Morgan fingerprint density at radius 1 is 0.810 bits per heavy atom. The summed E-state index contributed by atoms with van der Waals surface area (Å²) in [5.41, 5.74) is 9.50. The van der Waals surface area contributed by atoms with E-state index < -0.39 is 6.85 Å². The zero-order chi connectivity index (χ0) is 30.3. The minimum Gasteiger partial charge on any atom is -0.304 e. The molecule has 0 atom stereocenters. The van der Waals surface area contributed by atoms with E-state index in [1.54, 1.807) is 18.2 Å². The molecule has 0 saturated heterocycles.